The molecule has 1 atom stereocenters. The lowest BCUT2D eigenvalue weighted by Crippen LogP contribution is -2.24. The average Bonchev–Trinajstić information content (AvgIpc) is 2.39. The largest absolute Gasteiger partial charge is 0.410 e. The predicted octanol–water partition coefficient (Wildman–Crippen LogP) is 3.40. The molecule has 0 aromatic carbocycles. The number of halogens is 5. The molecule has 1 rings (SSSR count). The minimum atomic E-state index is -4.40. The van der Waals surface area contributed by atoms with Crippen molar-refractivity contribution < 1.29 is 13.2 Å². The van der Waals surface area contributed by atoms with E-state index in [0.29, 0.717) is 4.68 Å². The van der Waals surface area contributed by atoms with Gasteiger partial charge in [-0.05, 0) is 38.8 Å². The van der Waals surface area contributed by atoms with E-state index in [9.17, 15) is 13.2 Å². The molecule has 0 fully saturated rings. The van der Waals surface area contributed by atoms with Gasteiger partial charge in [-0.2, -0.15) is 23.5 Å². The first-order valence-electron chi connectivity index (χ1n) is 3.69. The van der Waals surface area contributed by atoms with Crippen molar-refractivity contribution in [1.29, 1.82) is 5.26 Å². The zero-order chi connectivity index (χ0) is 11.8. The summed E-state index contributed by atoms with van der Waals surface area (Å²) in [6.07, 6.45) is -4.40. The third kappa shape index (κ3) is 2.34. The van der Waals surface area contributed by atoms with E-state index in [2.05, 4.69) is 37.0 Å². The molecule has 3 nitrogen and oxygen atoms in total. The summed E-state index contributed by atoms with van der Waals surface area (Å²) in [4.78, 5) is 0. The fourth-order valence-corrected chi connectivity index (χ4v) is 2.25. The first kappa shape index (κ1) is 12.5. The smallest absolute Gasteiger partial charge is 0.244 e. The van der Waals surface area contributed by atoms with Crippen LogP contribution in [0.1, 0.15) is 18.5 Å². The van der Waals surface area contributed by atoms with Crippen LogP contribution < -0.4 is 0 Å². The van der Waals surface area contributed by atoms with Crippen LogP contribution in [0.25, 0.3) is 0 Å². The Morgan fingerprint density at radius 3 is 2.33 bits per heavy atom. The first-order valence-corrected chi connectivity index (χ1v) is 5.28. The van der Waals surface area contributed by atoms with Crippen LogP contribution in [0.4, 0.5) is 13.2 Å². The summed E-state index contributed by atoms with van der Waals surface area (Å²) >= 11 is 5.81. The fraction of sp³-hybridized carbons (Fsp3) is 0.429. The normalized spacial score (nSPS) is 13.7. The summed E-state index contributed by atoms with van der Waals surface area (Å²) in [5, 5.41) is 12.2. The van der Waals surface area contributed by atoms with Crippen LogP contribution in [0.5, 0.6) is 0 Å². The van der Waals surface area contributed by atoms with Crippen LogP contribution in [0.15, 0.2) is 9.21 Å². The molecular formula is C7H4Br2F3N3. The first-order chi connectivity index (χ1) is 6.79. The Morgan fingerprint density at radius 2 is 2.00 bits per heavy atom. The van der Waals surface area contributed by atoms with Gasteiger partial charge in [0.15, 0.2) is 0 Å². The lowest BCUT2D eigenvalue weighted by molar-refractivity contribution is -0.165. The van der Waals surface area contributed by atoms with Gasteiger partial charge < -0.3 is 0 Å². The highest BCUT2D eigenvalue weighted by Crippen LogP contribution is 2.34. The van der Waals surface area contributed by atoms with Gasteiger partial charge in [-0.3, -0.25) is 0 Å². The molecule has 0 saturated carbocycles. The zero-order valence-corrected chi connectivity index (χ0v) is 10.5. The molecule has 1 aromatic heterocycles. The van der Waals surface area contributed by atoms with Crippen LogP contribution >= 0.6 is 31.9 Å². The van der Waals surface area contributed by atoms with Crippen molar-refractivity contribution in [3.63, 3.8) is 0 Å². The van der Waals surface area contributed by atoms with Gasteiger partial charge in [0.1, 0.15) is 26.9 Å². The summed E-state index contributed by atoms with van der Waals surface area (Å²) in [7, 11) is 0. The number of hydrogen-bond donors (Lipinski definition) is 0. The molecule has 0 saturated heterocycles. The van der Waals surface area contributed by atoms with E-state index in [0.717, 1.165) is 6.92 Å². The maximum atomic E-state index is 12.4. The van der Waals surface area contributed by atoms with E-state index < -0.39 is 12.2 Å². The van der Waals surface area contributed by atoms with Crippen LogP contribution in [0, 0.1) is 11.3 Å². The van der Waals surface area contributed by atoms with Gasteiger partial charge in [0.25, 0.3) is 0 Å². The van der Waals surface area contributed by atoms with E-state index in [1.165, 1.54) is 0 Å². The highest BCUT2D eigenvalue weighted by molar-refractivity contribution is 9.11. The fourth-order valence-electron chi connectivity index (χ4n) is 0.876. The lowest BCUT2D eigenvalue weighted by Gasteiger charge is -2.16. The maximum absolute atomic E-state index is 12.4. The number of alkyl halides is 3. The van der Waals surface area contributed by atoms with Crippen LogP contribution in [-0.4, -0.2) is 16.0 Å². The summed E-state index contributed by atoms with van der Waals surface area (Å²) in [6.45, 7) is 0.964. The molecule has 0 aliphatic carbocycles. The van der Waals surface area contributed by atoms with Gasteiger partial charge in [-0.1, -0.05) is 0 Å². The minimum absolute atomic E-state index is 0.0155. The second-order valence-corrected chi connectivity index (χ2v) is 4.23. The van der Waals surface area contributed by atoms with E-state index >= 15 is 0 Å². The number of rotatable bonds is 1. The third-order valence-corrected chi connectivity index (χ3v) is 3.08. The summed E-state index contributed by atoms with van der Waals surface area (Å²) < 4.78 is 38.0. The van der Waals surface area contributed by atoms with Gasteiger partial charge in [-0.15, -0.1) is 0 Å². The molecule has 0 N–H and O–H groups in total. The molecule has 8 heteroatoms. The molecule has 1 aromatic rings. The van der Waals surface area contributed by atoms with Crippen molar-refractivity contribution in [3.05, 3.63) is 14.8 Å². The third-order valence-electron chi connectivity index (χ3n) is 1.76. The Bertz CT molecular complexity index is 418. The van der Waals surface area contributed by atoms with Gasteiger partial charge in [0.2, 0.25) is 0 Å². The van der Waals surface area contributed by atoms with E-state index in [-0.39, 0.29) is 14.8 Å². The molecule has 0 aliphatic heterocycles. The van der Waals surface area contributed by atoms with Crippen molar-refractivity contribution >= 4 is 31.9 Å². The van der Waals surface area contributed by atoms with Crippen LogP contribution in [0.3, 0.4) is 0 Å². The SMILES string of the molecule is CC(n1nc(Br)c(C#N)c1Br)C(F)(F)F. The Labute approximate surface area is 100 Å². The standard InChI is InChI=1S/C7H4Br2F3N3/c1-3(7(10,11)12)15-6(9)4(2-13)5(8)14-15/h3H,1H3. The highest BCUT2D eigenvalue weighted by atomic mass is 79.9. The monoisotopic (exact) mass is 345 g/mol. The van der Waals surface area contributed by atoms with Gasteiger partial charge in [0.05, 0.1) is 0 Å². The number of nitrogens with zero attached hydrogens (tertiary/aromatic N) is 3. The molecule has 1 heterocycles. The number of nitriles is 1. The molecule has 0 bridgehead atoms. The minimum Gasteiger partial charge on any atom is -0.244 e. The maximum Gasteiger partial charge on any atom is 0.410 e. The molecule has 0 aliphatic rings. The summed E-state index contributed by atoms with van der Waals surface area (Å²) in [5.41, 5.74) is 0.0473. The molecule has 0 amide bonds. The summed E-state index contributed by atoms with van der Waals surface area (Å²) in [6, 6.07) is -0.0410. The van der Waals surface area contributed by atoms with Gasteiger partial charge in [-0.25, -0.2) is 4.68 Å². The highest BCUT2D eigenvalue weighted by Gasteiger charge is 2.39. The van der Waals surface area contributed by atoms with Crippen LogP contribution in [0.2, 0.25) is 0 Å². The van der Waals surface area contributed by atoms with Crippen molar-refractivity contribution in [1.82, 2.24) is 9.78 Å². The zero-order valence-electron chi connectivity index (χ0n) is 7.31. The van der Waals surface area contributed by atoms with Crippen molar-refractivity contribution in [3.8, 4) is 6.07 Å². The topological polar surface area (TPSA) is 41.6 Å². The quantitative estimate of drug-likeness (QED) is 0.782. The van der Waals surface area contributed by atoms with Crippen molar-refractivity contribution in [2.45, 2.75) is 19.1 Å². The lowest BCUT2D eigenvalue weighted by atomic mass is 10.3. The van der Waals surface area contributed by atoms with Crippen molar-refractivity contribution in [2.24, 2.45) is 0 Å². The molecule has 15 heavy (non-hydrogen) atoms. The molecule has 0 radical (unpaired) electrons. The molecule has 0 spiro atoms. The predicted molar refractivity (Wildman–Crippen MR) is 53.1 cm³/mol. The Morgan fingerprint density at radius 1 is 1.47 bits per heavy atom. The Kier molecular flexibility index (Phi) is 3.45. The second-order valence-electron chi connectivity index (χ2n) is 2.73. The van der Waals surface area contributed by atoms with E-state index in [1.807, 2.05) is 0 Å². The van der Waals surface area contributed by atoms with Crippen molar-refractivity contribution in [2.75, 3.05) is 0 Å². The number of hydrogen-bond acceptors (Lipinski definition) is 2. The average molecular weight is 347 g/mol. The Hall–Kier alpha value is -0.550. The van der Waals surface area contributed by atoms with E-state index in [1.54, 1.807) is 6.07 Å². The van der Waals surface area contributed by atoms with Gasteiger partial charge in [0, 0.05) is 0 Å². The van der Waals surface area contributed by atoms with Crippen LogP contribution in [-0.2, 0) is 0 Å². The van der Waals surface area contributed by atoms with E-state index in [4.69, 9.17) is 5.26 Å². The van der Waals surface area contributed by atoms with Gasteiger partial charge >= 0.3 is 6.18 Å². The Balaban J connectivity index is 3.24. The number of aromatic nitrogens is 2. The molecule has 1 unspecified atom stereocenters. The molecular weight excluding hydrogens is 343 g/mol. The second kappa shape index (κ2) is 4.14. The molecule has 82 valence electrons. The summed E-state index contributed by atoms with van der Waals surface area (Å²) in [5.74, 6) is 0.